The second kappa shape index (κ2) is 12.7. The maximum absolute atomic E-state index is 13.4. The Labute approximate surface area is 242 Å². The number of nitrogens with one attached hydrogen (secondary N) is 1. The molecule has 0 aliphatic carbocycles. The van der Waals surface area contributed by atoms with Crippen molar-refractivity contribution in [1.29, 1.82) is 0 Å². The zero-order valence-corrected chi connectivity index (χ0v) is 23.9. The molecule has 0 amide bonds. The van der Waals surface area contributed by atoms with Gasteiger partial charge in [0.05, 0.1) is 44.8 Å². The van der Waals surface area contributed by atoms with Crippen LogP contribution in [0.4, 0.5) is 11.4 Å². The maximum atomic E-state index is 13.4. The summed E-state index contributed by atoms with van der Waals surface area (Å²) in [6.45, 7) is 7.02. The smallest absolute Gasteiger partial charge is 0.336 e. The zero-order chi connectivity index (χ0) is 29.0. The topological polar surface area (TPSA) is 114 Å². The van der Waals surface area contributed by atoms with E-state index in [4.69, 9.17) is 32.7 Å². The summed E-state index contributed by atoms with van der Waals surface area (Å²) in [5.41, 5.74) is 2.54. The molecule has 2 aromatic carbocycles. The van der Waals surface area contributed by atoms with Crippen LogP contribution in [-0.4, -0.2) is 68.2 Å². The minimum Gasteiger partial charge on any atom is -0.466 e. The van der Waals surface area contributed by atoms with Crippen LogP contribution in [0.5, 0.6) is 0 Å². The molecule has 40 heavy (non-hydrogen) atoms. The summed E-state index contributed by atoms with van der Waals surface area (Å²) in [7, 11) is 1.25. The van der Waals surface area contributed by atoms with Crippen molar-refractivity contribution in [2.75, 3.05) is 51.3 Å². The van der Waals surface area contributed by atoms with Gasteiger partial charge in [0.15, 0.2) is 0 Å². The van der Waals surface area contributed by atoms with Gasteiger partial charge in [-0.1, -0.05) is 41.4 Å². The molecule has 0 bridgehead atoms. The number of non-ortho nitro benzene ring substituents is 1. The van der Waals surface area contributed by atoms with Crippen molar-refractivity contribution in [3.05, 3.63) is 90.7 Å². The van der Waals surface area contributed by atoms with Crippen molar-refractivity contribution in [2.24, 2.45) is 0 Å². The lowest BCUT2D eigenvalue weighted by Crippen LogP contribution is -2.47. The first-order valence-corrected chi connectivity index (χ1v) is 13.5. The van der Waals surface area contributed by atoms with Crippen LogP contribution < -0.4 is 10.2 Å². The number of nitro groups is 1. The van der Waals surface area contributed by atoms with E-state index in [1.165, 1.54) is 25.3 Å². The number of anilines is 1. The minimum absolute atomic E-state index is 0.130. The fourth-order valence-corrected chi connectivity index (χ4v) is 5.51. The van der Waals surface area contributed by atoms with Gasteiger partial charge in [0.2, 0.25) is 0 Å². The van der Waals surface area contributed by atoms with Crippen LogP contribution >= 0.6 is 23.2 Å². The highest BCUT2D eigenvalue weighted by Gasteiger charge is 2.38. The number of nitrogens with zero attached hydrogens (tertiary/aromatic N) is 3. The number of benzene rings is 2. The van der Waals surface area contributed by atoms with E-state index < -0.39 is 22.8 Å². The largest absolute Gasteiger partial charge is 0.466 e. The molecule has 2 aromatic rings. The Morgan fingerprint density at radius 3 is 2.33 bits per heavy atom. The zero-order valence-electron chi connectivity index (χ0n) is 22.4. The Bertz CT molecular complexity index is 1380. The number of nitro benzene ring substituents is 1. The lowest BCUT2D eigenvalue weighted by molar-refractivity contribution is -0.384. The summed E-state index contributed by atoms with van der Waals surface area (Å²) in [6.07, 6.45) is 0. The first-order valence-electron chi connectivity index (χ1n) is 12.7. The van der Waals surface area contributed by atoms with Crippen LogP contribution in [0.3, 0.4) is 0 Å². The Balaban J connectivity index is 1.46. The Morgan fingerprint density at radius 1 is 1.02 bits per heavy atom. The molecule has 0 saturated carbocycles. The van der Waals surface area contributed by atoms with Crippen LogP contribution in [0.2, 0.25) is 10.0 Å². The fourth-order valence-electron chi connectivity index (χ4n) is 5.09. The van der Waals surface area contributed by atoms with Gasteiger partial charge in [0.25, 0.3) is 5.69 Å². The molecule has 1 atom stereocenters. The first kappa shape index (κ1) is 29.4. The highest BCUT2D eigenvalue weighted by Crippen LogP contribution is 2.40. The van der Waals surface area contributed by atoms with Crippen molar-refractivity contribution < 1.29 is 24.0 Å². The lowest BCUT2D eigenvalue weighted by atomic mass is 9.80. The predicted molar refractivity (Wildman–Crippen MR) is 152 cm³/mol. The van der Waals surface area contributed by atoms with Crippen LogP contribution in [0, 0.1) is 10.1 Å². The van der Waals surface area contributed by atoms with Crippen molar-refractivity contribution in [3.63, 3.8) is 0 Å². The number of halogens is 2. The number of rotatable bonds is 8. The molecule has 0 radical (unpaired) electrons. The number of allylic oxidation sites excluding steroid dienone is 2. The maximum Gasteiger partial charge on any atom is 0.336 e. The Kier molecular flexibility index (Phi) is 9.34. The molecular weight excluding hydrogens is 559 g/mol. The van der Waals surface area contributed by atoms with Gasteiger partial charge in [0, 0.05) is 56.3 Å². The quantitative estimate of drug-likeness (QED) is 0.267. The SMILES string of the molecule is COC(=O)C1=C(C)NC(C)=C(C(=O)OCCN2CCN(c3cccc(Cl)c3Cl)CC2)C1c1cccc([N+](=O)[O-])c1. The molecule has 1 N–H and O–H groups in total. The average molecular weight is 589 g/mol. The molecule has 2 heterocycles. The van der Waals surface area contributed by atoms with E-state index in [-0.39, 0.29) is 23.4 Å². The third-order valence-electron chi connectivity index (χ3n) is 7.08. The van der Waals surface area contributed by atoms with Crippen LogP contribution in [0.25, 0.3) is 0 Å². The van der Waals surface area contributed by atoms with Gasteiger partial charge in [-0.15, -0.1) is 0 Å². The summed E-state index contributed by atoms with van der Waals surface area (Å²) < 4.78 is 10.7. The molecule has 1 unspecified atom stereocenters. The van der Waals surface area contributed by atoms with Gasteiger partial charge >= 0.3 is 11.9 Å². The molecule has 10 nitrogen and oxygen atoms in total. The van der Waals surface area contributed by atoms with Gasteiger partial charge in [-0.3, -0.25) is 15.0 Å². The summed E-state index contributed by atoms with van der Waals surface area (Å²) in [4.78, 5) is 41.5. The van der Waals surface area contributed by atoms with Crippen LogP contribution in [0.15, 0.2) is 65.0 Å². The normalized spacial score (nSPS) is 17.9. The number of piperazine rings is 1. The van der Waals surface area contributed by atoms with Crippen molar-refractivity contribution in [3.8, 4) is 0 Å². The third-order valence-corrected chi connectivity index (χ3v) is 7.89. The standard InChI is InChI=1S/C28H30Cl2N4O6/c1-17-23(27(35)39-3)25(19-6-4-7-20(16-19)34(37)38)24(18(2)31-17)28(36)40-15-14-32-10-12-33(13-11-32)22-9-5-8-21(29)26(22)30/h4-9,16,25,31H,10-15H2,1-3H3. The molecule has 0 spiro atoms. The first-order chi connectivity index (χ1) is 19.1. The molecule has 2 aliphatic heterocycles. The Hall–Kier alpha value is -3.60. The molecule has 1 saturated heterocycles. The highest BCUT2D eigenvalue weighted by molar-refractivity contribution is 6.43. The number of esters is 2. The third kappa shape index (κ3) is 6.24. The predicted octanol–water partition coefficient (Wildman–Crippen LogP) is 4.67. The molecular formula is C28H30Cl2N4O6. The molecule has 1 fully saturated rings. The molecule has 12 heteroatoms. The highest BCUT2D eigenvalue weighted by atomic mass is 35.5. The van der Waals surface area contributed by atoms with Gasteiger partial charge in [-0.25, -0.2) is 9.59 Å². The van der Waals surface area contributed by atoms with Crippen LogP contribution in [0.1, 0.15) is 25.3 Å². The number of hydrogen-bond acceptors (Lipinski definition) is 9. The Morgan fingerprint density at radius 2 is 1.68 bits per heavy atom. The summed E-state index contributed by atoms with van der Waals surface area (Å²) in [6, 6.07) is 11.4. The van der Waals surface area contributed by atoms with E-state index in [9.17, 15) is 19.7 Å². The van der Waals surface area contributed by atoms with E-state index in [0.717, 1.165) is 31.9 Å². The summed E-state index contributed by atoms with van der Waals surface area (Å²) in [5, 5.41) is 15.6. The number of hydrogen-bond donors (Lipinski definition) is 1. The second-order valence-electron chi connectivity index (χ2n) is 9.52. The lowest BCUT2D eigenvalue weighted by Gasteiger charge is -2.36. The van der Waals surface area contributed by atoms with Gasteiger partial charge in [-0.2, -0.15) is 0 Å². The van der Waals surface area contributed by atoms with E-state index in [2.05, 4.69) is 15.1 Å². The van der Waals surface area contributed by atoms with E-state index in [1.807, 2.05) is 12.1 Å². The van der Waals surface area contributed by atoms with Gasteiger partial charge in [0.1, 0.15) is 6.61 Å². The minimum atomic E-state index is -0.896. The monoisotopic (exact) mass is 588 g/mol. The van der Waals surface area contributed by atoms with Gasteiger partial charge in [-0.05, 0) is 31.5 Å². The fraction of sp³-hybridized carbons (Fsp3) is 0.357. The van der Waals surface area contributed by atoms with E-state index >= 15 is 0 Å². The van der Waals surface area contributed by atoms with E-state index in [0.29, 0.717) is 33.5 Å². The number of ether oxygens (including phenoxy) is 2. The number of carbonyl (C=O) groups excluding carboxylic acids is 2. The summed E-state index contributed by atoms with van der Waals surface area (Å²) >= 11 is 12.5. The van der Waals surface area contributed by atoms with Crippen molar-refractivity contribution in [2.45, 2.75) is 19.8 Å². The second-order valence-corrected chi connectivity index (χ2v) is 10.3. The average Bonchev–Trinajstić information content (AvgIpc) is 2.94. The summed E-state index contributed by atoms with van der Waals surface area (Å²) in [5.74, 6) is -2.15. The van der Waals surface area contributed by atoms with Crippen LogP contribution in [-0.2, 0) is 19.1 Å². The van der Waals surface area contributed by atoms with Crippen molar-refractivity contribution in [1.82, 2.24) is 10.2 Å². The number of dihydropyridines is 1. The molecule has 212 valence electrons. The van der Waals surface area contributed by atoms with Crippen molar-refractivity contribution >= 4 is 46.5 Å². The van der Waals surface area contributed by atoms with Gasteiger partial charge < -0.3 is 19.7 Å². The van der Waals surface area contributed by atoms with E-state index in [1.54, 1.807) is 26.0 Å². The number of methoxy groups -OCH3 is 1. The molecule has 2 aliphatic rings. The molecule has 4 rings (SSSR count). The molecule has 0 aromatic heterocycles. The number of carbonyl (C=O) groups is 2.